The van der Waals surface area contributed by atoms with Gasteiger partial charge in [-0.3, -0.25) is 0 Å². The van der Waals surface area contributed by atoms with Crippen LogP contribution >= 0.6 is 0 Å². The van der Waals surface area contributed by atoms with Gasteiger partial charge in [0.05, 0.1) is 0 Å². The van der Waals surface area contributed by atoms with E-state index < -0.39 is 0 Å². The van der Waals surface area contributed by atoms with Crippen LogP contribution in [-0.2, 0) is 0 Å². The summed E-state index contributed by atoms with van der Waals surface area (Å²) in [6.07, 6.45) is 2.69. The third kappa shape index (κ3) is 0.864. The summed E-state index contributed by atoms with van der Waals surface area (Å²) < 4.78 is 0. The van der Waals surface area contributed by atoms with Crippen LogP contribution in [0.4, 0.5) is 0 Å². The van der Waals surface area contributed by atoms with E-state index in [4.69, 9.17) is 0 Å². The molecule has 1 atom stereocenters. The molecule has 0 aromatic rings. The molecule has 1 radical (unpaired) electrons. The highest BCUT2D eigenvalue weighted by molar-refractivity contribution is 4.93. The smallest absolute Gasteiger partial charge is 0.0203 e. The van der Waals surface area contributed by atoms with E-state index in [-0.39, 0.29) is 0 Å². The zero-order valence-electron chi connectivity index (χ0n) is 5.69. The van der Waals surface area contributed by atoms with Gasteiger partial charge in [-0.15, -0.1) is 0 Å². The van der Waals surface area contributed by atoms with Crippen LogP contribution in [-0.4, -0.2) is 26.2 Å². The average Bonchev–Trinajstić information content (AvgIpc) is 2.45. The maximum Gasteiger partial charge on any atom is 0.0203 e. The molecule has 2 saturated heterocycles. The first-order valence-electron chi connectivity index (χ1n) is 3.75. The lowest BCUT2D eigenvalue weighted by atomic mass is 9.87. The number of nitrogens with zero attached hydrogens (tertiary/aromatic N) is 1. The van der Waals surface area contributed by atoms with Crippen LogP contribution in [0.3, 0.4) is 0 Å². The van der Waals surface area contributed by atoms with Gasteiger partial charge in [-0.1, -0.05) is 0 Å². The standard InChI is InChI=1S/C7H13N2/c1-3-8-5-7(1)2-4-9-6-7/h8H,1-6H2. The third-order valence-electron chi connectivity index (χ3n) is 2.58. The topological polar surface area (TPSA) is 26.1 Å². The predicted molar refractivity (Wildman–Crippen MR) is 36.4 cm³/mol. The summed E-state index contributed by atoms with van der Waals surface area (Å²) in [7, 11) is 0. The summed E-state index contributed by atoms with van der Waals surface area (Å²) >= 11 is 0. The molecule has 1 unspecified atom stereocenters. The van der Waals surface area contributed by atoms with E-state index in [1.54, 1.807) is 0 Å². The molecule has 0 bridgehead atoms. The largest absolute Gasteiger partial charge is 0.316 e. The van der Waals surface area contributed by atoms with Gasteiger partial charge >= 0.3 is 0 Å². The molecule has 2 heterocycles. The Labute approximate surface area is 56.0 Å². The second-order valence-electron chi connectivity index (χ2n) is 3.28. The fraction of sp³-hybridized carbons (Fsp3) is 1.00. The molecule has 2 rings (SSSR count). The van der Waals surface area contributed by atoms with Crippen molar-refractivity contribution in [2.24, 2.45) is 5.41 Å². The van der Waals surface area contributed by atoms with Gasteiger partial charge in [0.2, 0.25) is 0 Å². The summed E-state index contributed by atoms with van der Waals surface area (Å²) in [5.74, 6) is 0. The van der Waals surface area contributed by atoms with Gasteiger partial charge in [0, 0.05) is 19.6 Å². The van der Waals surface area contributed by atoms with Gasteiger partial charge in [0.15, 0.2) is 0 Å². The van der Waals surface area contributed by atoms with Crippen molar-refractivity contribution in [3.63, 3.8) is 0 Å². The zero-order chi connectivity index (χ0) is 6.16. The maximum atomic E-state index is 4.38. The quantitative estimate of drug-likeness (QED) is 0.483. The normalized spacial score (nSPS) is 32.0. The Morgan fingerprint density at radius 1 is 1.33 bits per heavy atom. The van der Waals surface area contributed by atoms with Crippen molar-refractivity contribution >= 4 is 0 Å². The predicted octanol–water partition coefficient (Wildman–Crippen LogP) is -0.0258. The van der Waals surface area contributed by atoms with Crippen LogP contribution in [0.25, 0.3) is 0 Å². The van der Waals surface area contributed by atoms with Crippen molar-refractivity contribution in [2.75, 3.05) is 26.2 Å². The third-order valence-corrected chi connectivity index (χ3v) is 2.58. The van der Waals surface area contributed by atoms with Crippen molar-refractivity contribution in [1.29, 1.82) is 0 Å². The molecule has 1 spiro atoms. The van der Waals surface area contributed by atoms with Crippen LogP contribution in [0.2, 0.25) is 0 Å². The van der Waals surface area contributed by atoms with Crippen LogP contribution in [0, 0.1) is 5.41 Å². The van der Waals surface area contributed by atoms with Gasteiger partial charge in [-0.25, -0.2) is 5.32 Å². The van der Waals surface area contributed by atoms with E-state index in [0.717, 1.165) is 13.1 Å². The van der Waals surface area contributed by atoms with E-state index in [9.17, 15) is 0 Å². The molecule has 0 saturated carbocycles. The minimum Gasteiger partial charge on any atom is -0.316 e. The molecule has 2 fully saturated rings. The van der Waals surface area contributed by atoms with Gasteiger partial charge in [0.1, 0.15) is 0 Å². The molecule has 51 valence electrons. The van der Waals surface area contributed by atoms with Crippen molar-refractivity contribution in [3.8, 4) is 0 Å². The van der Waals surface area contributed by atoms with Gasteiger partial charge in [-0.05, 0) is 24.8 Å². The number of rotatable bonds is 0. The Hall–Kier alpha value is -0.0800. The van der Waals surface area contributed by atoms with Crippen LogP contribution in [0.1, 0.15) is 12.8 Å². The molecule has 2 nitrogen and oxygen atoms in total. The Kier molecular flexibility index (Phi) is 1.24. The van der Waals surface area contributed by atoms with E-state index >= 15 is 0 Å². The molecule has 0 aromatic carbocycles. The number of hydrogen-bond acceptors (Lipinski definition) is 1. The fourth-order valence-electron chi connectivity index (χ4n) is 1.86. The molecular weight excluding hydrogens is 112 g/mol. The minimum absolute atomic E-state index is 0.611. The molecule has 2 aliphatic rings. The Morgan fingerprint density at radius 3 is 2.89 bits per heavy atom. The lowest BCUT2D eigenvalue weighted by Crippen LogP contribution is -2.24. The van der Waals surface area contributed by atoms with Crippen LogP contribution in [0.15, 0.2) is 0 Å². The highest BCUT2D eigenvalue weighted by Crippen LogP contribution is 2.32. The van der Waals surface area contributed by atoms with Crippen LogP contribution in [0.5, 0.6) is 0 Å². The first-order chi connectivity index (χ1) is 4.41. The fourth-order valence-corrected chi connectivity index (χ4v) is 1.86. The Bertz CT molecular complexity index is 82.0. The molecular formula is C7H13N2. The first-order valence-corrected chi connectivity index (χ1v) is 3.75. The summed E-state index contributed by atoms with van der Waals surface area (Å²) in [6.45, 7) is 4.67. The average molecular weight is 125 g/mol. The van der Waals surface area contributed by atoms with Crippen molar-refractivity contribution < 1.29 is 0 Å². The molecule has 0 aliphatic carbocycles. The van der Waals surface area contributed by atoms with E-state index in [1.165, 1.54) is 25.9 Å². The van der Waals surface area contributed by atoms with Crippen molar-refractivity contribution in [2.45, 2.75) is 12.8 Å². The maximum absolute atomic E-state index is 4.38. The molecule has 1 N–H and O–H groups in total. The Balaban J connectivity index is 2.04. The lowest BCUT2D eigenvalue weighted by Gasteiger charge is -2.18. The summed E-state index contributed by atoms with van der Waals surface area (Å²) in [5.41, 5.74) is 0.611. The molecule has 9 heavy (non-hydrogen) atoms. The van der Waals surface area contributed by atoms with Gasteiger partial charge in [-0.2, -0.15) is 0 Å². The minimum atomic E-state index is 0.611. The van der Waals surface area contributed by atoms with Gasteiger partial charge < -0.3 is 5.32 Å². The summed E-state index contributed by atoms with van der Waals surface area (Å²) in [5, 5.41) is 7.77. The number of nitrogens with one attached hydrogen (secondary N) is 1. The zero-order valence-corrected chi connectivity index (χ0v) is 5.69. The SMILES string of the molecule is C1CC2(CCNC2)C[N]1. The highest BCUT2D eigenvalue weighted by Gasteiger charge is 2.36. The molecule has 0 aromatic heterocycles. The summed E-state index contributed by atoms with van der Waals surface area (Å²) in [6, 6.07) is 0. The van der Waals surface area contributed by atoms with Gasteiger partial charge in [0.25, 0.3) is 0 Å². The van der Waals surface area contributed by atoms with E-state index in [2.05, 4.69) is 10.6 Å². The molecule has 2 heteroatoms. The van der Waals surface area contributed by atoms with E-state index in [1.807, 2.05) is 0 Å². The second-order valence-corrected chi connectivity index (χ2v) is 3.28. The number of hydrogen-bond donors (Lipinski definition) is 1. The van der Waals surface area contributed by atoms with Crippen LogP contribution < -0.4 is 10.6 Å². The second kappa shape index (κ2) is 1.96. The molecule has 2 aliphatic heterocycles. The molecule has 0 amide bonds. The first kappa shape index (κ1) is 5.69. The summed E-state index contributed by atoms with van der Waals surface area (Å²) in [4.78, 5) is 0. The Morgan fingerprint density at radius 2 is 2.33 bits per heavy atom. The monoisotopic (exact) mass is 125 g/mol. The highest BCUT2D eigenvalue weighted by atomic mass is 15.0. The lowest BCUT2D eigenvalue weighted by molar-refractivity contribution is 0.364. The van der Waals surface area contributed by atoms with E-state index in [0.29, 0.717) is 5.41 Å². The van der Waals surface area contributed by atoms with Crippen molar-refractivity contribution in [3.05, 3.63) is 0 Å². The van der Waals surface area contributed by atoms with Crippen molar-refractivity contribution in [1.82, 2.24) is 10.6 Å².